The number of carbonyl (C=O) groups excluding carboxylic acids is 4. The van der Waals surface area contributed by atoms with E-state index < -0.39 is 36.4 Å². The van der Waals surface area contributed by atoms with Gasteiger partial charge in [-0.2, -0.15) is 0 Å². The molecule has 0 aliphatic heterocycles. The summed E-state index contributed by atoms with van der Waals surface area (Å²) in [5.41, 5.74) is 0.411. The van der Waals surface area contributed by atoms with Crippen LogP contribution in [0.2, 0.25) is 0 Å². The number of methoxy groups -OCH3 is 1. The molecule has 0 bridgehead atoms. The minimum atomic E-state index is -0.821. The van der Waals surface area contributed by atoms with E-state index in [2.05, 4.69) is 15.4 Å². The molecule has 0 heterocycles. The first-order chi connectivity index (χ1) is 14.3. The average Bonchev–Trinajstić information content (AvgIpc) is 2.78. The maximum absolute atomic E-state index is 12.2. The first-order valence-corrected chi connectivity index (χ1v) is 9.65. The van der Waals surface area contributed by atoms with Crippen LogP contribution in [-0.4, -0.2) is 50.1 Å². The number of nitrogens with one attached hydrogen (secondary N) is 2. The van der Waals surface area contributed by atoms with Gasteiger partial charge in [-0.05, 0) is 28.8 Å². The van der Waals surface area contributed by atoms with E-state index in [0.29, 0.717) is 12.0 Å². The van der Waals surface area contributed by atoms with Crippen LogP contribution in [0.15, 0.2) is 42.5 Å². The minimum Gasteiger partial charge on any atom is -0.467 e. The fourth-order valence-electron chi connectivity index (χ4n) is 2.79. The van der Waals surface area contributed by atoms with Gasteiger partial charge in [-0.1, -0.05) is 50.6 Å². The third-order valence-electron chi connectivity index (χ3n) is 4.75. The highest BCUT2D eigenvalue weighted by Gasteiger charge is 2.26. The number of benzene rings is 2. The summed E-state index contributed by atoms with van der Waals surface area (Å²) in [5.74, 6) is -2.52. The molecular weight excluding hydrogens is 388 g/mol. The molecule has 0 saturated heterocycles. The molecule has 0 radical (unpaired) electrons. The van der Waals surface area contributed by atoms with Crippen molar-refractivity contribution in [2.75, 3.05) is 20.3 Å². The normalized spacial score (nSPS) is 12.5. The van der Waals surface area contributed by atoms with E-state index in [4.69, 9.17) is 4.74 Å². The lowest BCUT2D eigenvalue weighted by molar-refractivity contribution is -0.150. The van der Waals surface area contributed by atoms with Crippen molar-refractivity contribution >= 4 is 34.5 Å². The summed E-state index contributed by atoms with van der Waals surface area (Å²) in [7, 11) is 1.24. The van der Waals surface area contributed by atoms with E-state index >= 15 is 0 Å². The van der Waals surface area contributed by atoms with Gasteiger partial charge in [0.2, 0.25) is 0 Å². The second-order valence-electron chi connectivity index (χ2n) is 6.86. The number of ether oxygens (including phenoxy) is 2. The van der Waals surface area contributed by atoms with Gasteiger partial charge >= 0.3 is 11.9 Å². The average molecular weight is 414 g/mol. The van der Waals surface area contributed by atoms with Crippen molar-refractivity contribution in [1.29, 1.82) is 0 Å². The monoisotopic (exact) mass is 414 g/mol. The number of rotatable bonds is 9. The van der Waals surface area contributed by atoms with Crippen LogP contribution in [0.1, 0.15) is 30.6 Å². The molecule has 2 amide bonds. The molecule has 160 valence electrons. The molecule has 0 saturated carbocycles. The minimum absolute atomic E-state index is 0.140. The molecule has 2 N–H and O–H groups in total. The van der Waals surface area contributed by atoms with Gasteiger partial charge in [0.05, 0.1) is 7.11 Å². The molecule has 0 aliphatic carbocycles. The van der Waals surface area contributed by atoms with Crippen molar-refractivity contribution in [1.82, 2.24) is 10.6 Å². The zero-order valence-corrected chi connectivity index (χ0v) is 17.3. The molecule has 30 heavy (non-hydrogen) atoms. The number of fused-ring (bicyclic) bond motifs is 1. The Balaban J connectivity index is 1.81. The van der Waals surface area contributed by atoms with Crippen molar-refractivity contribution in [3.8, 4) is 0 Å². The van der Waals surface area contributed by atoms with E-state index in [1.165, 1.54) is 7.11 Å². The predicted molar refractivity (Wildman–Crippen MR) is 111 cm³/mol. The summed E-state index contributed by atoms with van der Waals surface area (Å²) < 4.78 is 9.56. The predicted octanol–water partition coefficient (Wildman–Crippen LogP) is 1.82. The standard InChI is InChI=1S/C22H26N2O6/c1-4-14(2)20(22(28)29-3)24-18(25)13-30-19(26)12-23-21(27)17-10-9-15-7-5-6-8-16(15)11-17/h5-11,14,20H,4,12-13H2,1-3H3,(H,23,27)(H,24,25)/t14-,20-/m0/s1. The highest BCUT2D eigenvalue weighted by molar-refractivity contribution is 5.99. The second-order valence-corrected chi connectivity index (χ2v) is 6.86. The van der Waals surface area contributed by atoms with Crippen LogP contribution in [0.3, 0.4) is 0 Å². The molecule has 2 aromatic rings. The van der Waals surface area contributed by atoms with Gasteiger partial charge in [0.25, 0.3) is 11.8 Å². The van der Waals surface area contributed by atoms with Gasteiger partial charge < -0.3 is 20.1 Å². The zero-order valence-electron chi connectivity index (χ0n) is 17.3. The number of esters is 2. The first-order valence-electron chi connectivity index (χ1n) is 9.65. The third-order valence-corrected chi connectivity index (χ3v) is 4.75. The van der Waals surface area contributed by atoms with E-state index in [-0.39, 0.29) is 12.5 Å². The topological polar surface area (TPSA) is 111 Å². The molecule has 8 heteroatoms. The van der Waals surface area contributed by atoms with E-state index in [0.717, 1.165) is 10.8 Å². The lowest BCUT2D eigenvalue weighted by Crippen LogP contribution is -2.47. The van der Waals surface area contributed by atoms with E-state index in [1.54, 1.807) is 19.1 Å². The first kappa shape index (κ1) is 22.9. The van der Waals surface area contributed by atoms with Crippen LogP contribution in [-0.2, 0) is 23.9 Å². The number of hydrogen-bond donors (Lipinski definition) is 2. The Bertz CT molecular complexity index is 927. The zero-order chi connectivity index (χ0) is 22.1. The summed E-state index contributed by atoms with van der Waals surface area (Å²) in [6, 6.07) is 12.0. The molecule has 0 aliphatic rings. The van der Waals surface area contributed by atoms with Gasteiger partial charge in [0.1, 0.15) is 12.6 Å². The highest BCUT2D eigenvalue weighted by Crippen LogP contribution is 2.15. The Hall–Kier alpha value is -3.42. The molecule has 0 spiro atoms. The summed E-state index contributed by atoms with van der Waals surface area (Å²) in [4.78, 5) is 47.9. The van der Waals surface area contributed by atoms with Crippen LogP contribution in [0.25, 0.3) is 10.8 Å². The molecule has 0 unspecified atom stereocenters. The summed E-state index contributed by atoms with van der Waals surface area (Å²) in [6.07, 6.45) is 0.653. The van der Waals surface area contributed by atoms with Crippen molar-refractivity contribution < 1.29 is 28.7 Å². The Morgan fingerprint density at radius 3 is 2.40 bits per heavy atom. The molecule has 2 rings (SSSR count). The lowest BCUT2D eigenvalue weighted by atomic mass is 9.99. The van der Waals surface area contributed by atoms with Crippen molar-refractivity contribution in [2.24, 2.45) is 5.92 Å². The Kier molecular flexibility index (Phi) is 8.34. The third kappa shape index (κ3) is 6.30. The fraction of sp³-hybridized carbons (Fsp3) is 0.364. The molecular formula is C22H26N2O6. The number of carbonyl (C=O) groups is 4. The molecule has 8 nitrogen and oxygen atoms in total. The quantitative estimate of drug-likeness (QED) is 0.606. The maximum atomic E-state index is 12.2. The van der Waals surface area contributed by atoms with Gasteiger partial charge in [0.15, 0.2) is 6.61 Å². The van der Waals surface area contributed by atoms with Gasteiger partial charge in [-0.15, -0.1) is 0 Å². The Morgan fingerprint density at radius 1 is 1.03 bits per heavy atom. The van der Waals surface area contributed by atoms with E-state index in [9.17, 15) is 19.2 Å². The fourth-order valence-corrected chi connectivity index (χ4v) is 2.79. The summed E-state index contributed by atoms with van der Waals surface area (Å²) in [5, 5.41) is 6.88. The van der Waals surface area contributed by atoms with Crippen molar-refractivity contribution in [2.45, 2.75) is 26.3 Å². The maximum Gasteiger partial charge on any atom is 0.328 e. The van der Waals surface area contributed by atoms with Crippen molar-refractivity contribution in [3.05, 3.63) is 48.0 Å². The van der Waals surface area contributed by atoms with Gasteiger partial charge in [-0.25, -0.2) is 4.79 Å². The molecule has 2 aromatic carbocycles. The number of amides is 2. The Labute approximate surface area is 174 Å². The van der Waals surface area contributed by atoms with Crippen LogP contribution in [0, 0.1) is 5.92 Å². The summed E-state index contributed by atoms with van der Waals surface area (Å²) in [6.45, 7) is 2.74. The van der Waals surface area contributed by atoms with Crippen LogP contribution >= 0.6 is 0 Å². The largest absolute Gasteiger partial charge is 0.467 e. The van der Waals surface area contributed by atoms with Gasteiger partial charge in [-0.3, -0.25) is 14.4 Å². The van der Waals surface area contributed by atoms with Crippen LogP contribution < -0.4 is 10.6 Å². The van der Waals surface area contributed by atoms with Gasteiger partial charge in [0, 0.05) is 5.56 Å². The molecule has 2 atom stereocenters. The number of hydrogen-bond acceptors (Lipinski definition) is 6. The lowest BCUT2D eigenvalue weighted by Gasteiger charge is -2.21. The van der Waals surface area contributed by atoms with Crippen LogP contribution in [0.5, 0.6) is 0 Å². The van der Waals surface area contributed by atoms with Crippen LogP contribution in [0.4, 0.5) is 0 Å². The highest BCUT2D eigenvalue weighted by atomic mass is 16.5. The van der Waals surface area contributed by atoms with E-state index in [1.807, 2.05) is 37.3 Å². The Morgan fingerprint density at radius 2 is 1.73 bits per heavy atom. The molecule has 0 fully saturated rings. The van der Waals surface area contributed by atoms with Crippen molar-refractivity contribution in [3.63, 3.8) is 0 Å². The second kappa shape index (κ2) is 10.9. The summed E-state index contributed by atoms with van der Waals surface area (Å²) >= 11 is 0. The molecule has 0 aromatic heterocycles. The smallest absolute Gasteiger partial charge is 0.328 e. The SMILES string of the molecule is CC[C@H](C)[C@H](NC(=O)COC(=O)CNC(=O)c1ccc2ccccc2c1)C(=O)OC.